The van der Waals surface area contributed by atoms with Crippen molar-refractivity contribution in [2.75, 3.05) is 0 Å². The predicted octanol–water partition coefficient (Wildman–Crippen LogP) is 5.12. The Balaban J connectivity index is 0.000000180. The summed E-state index contributed by atoms with van der Waals surface area (Å²) in [6, 6.07) is 15.4. The van der Waals surface area contributed by atoms with Crippen LogP contribution in [0, 0.1) is 13.8 Å². The Hall–Kier alpha value is -0.940. The van der Waals surface area contributed by atoms with E-state index in [1.807, 2.05) is 62.4 Å². The van der Waals surface area contributed by atoms with Crippen LogP contribution in [0.2, 0.25) is 0 Å². The van der Waals surface area contributed by atoms with Gasteiger partial charge in [0.25, 0.3) is 0 Å². The highest BCUT2D eigenvalue weighted by Crippen LogP contribution is 2.14. The molecule has 0 saturated heterocycles. The minimum Gasteiger partial charge on any atom is -0.325 e. The molecule has 0 aliphatic rings. The van der Waals surface area contributed by atoms with Crippen molar-refractivity contribution in [1.29, 1.82) is 0 Å². The first-order chi connectivity index (χ1) is 8.65. The van der Waals surface area contributed by atoms with E-state index in [1.54, 1.807) is 0 Å². The standard InChI is InChI=1S/2C7H8OS/c2*1-6-2-4-7(9-8)5-3-6/h2*2-5,8H,1H3. The molecule has 0 unspecified atom stereocenters. The molecule has 0 aliphatic heterocycles. The van der Waals surface area contributed by atoms with Crippen LogP contribution in [0.25, 0.3) is 0 Å². The van der Waals surface area contributed by atoms with Crippen molar-refractivity contribution in [3.63, 3.8) is 0 Å². The van der Waals surface area contributed by atoms with E-state index in [1.165, 1.54) is 11.1 Å². The summed E-state index contributed by atoms with van der Waals surface area (Å²) < 4.78 is 17.1. The van der Waals surface area contributed by atoms with Gasteiger partial charge in [-0.1, -0.05) is 35.4 Å². The second-order valence-electron chi connectivity index (χ2n) is 3.81. The van der Waals surface area contributed by atoms with Crippen LogP contribution in [-0.2, 0) is 0 Å². The minimum absolute atomic E-state index is 0.777. The summed E-state index contributed by atoms with van der Waals surface area (Å²) in [5.74, 6) is 0. The molecule has 96 valence electrons. The first-order valence-corrected chi connectivity index (χ1v) is 6.96. The van der Waals surface area contributed by atoms with Crippen molar-refractivity contribution in [2.45, 2.75) is 23.6 Å². The molecule has 0 heterocycles. The average molecular weight is 280 g/mol. The van der Waals surface area contributed by atoms with Crippen molar-refractivity contribution < 1.29 is 9.11 Å². The predicted molar refractivity (Wildman–Crippen MR) is 79.3 cm³/mol. The van der Waals surface area contributed by atoms with Crippen molar-refractivity contribution in [3.8, 4) is 0 Å². The monoisotopic (exact) mass is 280 g/mol. The van der Waals surface area contributed by atoms with Crippen LogP contribution in [0.5, 0.6) is 0 Å². The summed E-state index contributed by atoms with van der Waals surface area (Å²) in [5, 5.41) is 0. The van der Waals surface area contributed by atoms with Gasteiger partial charge in [0, 0.05) is 33.9 Å². The lowest BCUT2D eigenvalue weighted by Gasteiger charge is -1.92. The lowest BCUT2D eigenvalue weighted by Crippen LogP contribution is -1.70. The van der Waals surface area contributed by atoms with Crippen LogP contribution in [0.1, 0.15) is 11.1 Å². The molecule has 0 amide bonds. The van der Waals surface area contributed by atoms with Crippen LogP contribution >= 0.6 is 24.1 Å². The van der Waals surface area contributed by atoms with Gasteiger partial charge in [-0.3, -0.25) is 0 Å². The van der Waals surface area contributed by atoms with E-state index < -0.39 is 0 Å². The van der Waals surface area contributed by atoms with Crippen LogP contribution in [-0.4, -0.2) is 9.11 Å². The van der Waals surface area contributed by atoms with E-state index in [-0.39, 0.29) is 0 Å². The number of aryl methyl sites for hydroxylation is 2. The first kappa shape index (κ1) is 15.1. The Morgan fingerprint density at radius 1 is 0.611 bits per heavy atom. The number of hydrogen-bond acceptors (Lipinski definition) is 4. The van der Waals surface area contributed by atoms with Gasteiger partial charge in [0.2, 0.25) is 0 Å². The van der Waals surface area contributed by atoms with Gasteiger partial charge in [-0.15, -0.1) is 0 Å². The molecule has 2 aromatic carbocycles. The Bertz CT molecular complexity index is 407. The lowest BCUT2D eigenvalue weighted by molar-refractivity contribution is 0.663. The molecule has 0 saturated carbocycles. The van der Waals surface area contributed by atoms with E-state index in [4.69, 9.17) is 9.11 Å². The fourth-order valence-corrected chi connectivity index (χ4v) is 1.71. The minimum atomic E-state index is 0.777. The lowest BCUT2D eigenvalue weighted by atomic mass is 10.2. The summed E-state index contributed by atoms with van der Waals surface area (Å²) in [5.41, 5.74) is 2.43. The van der Waals surface area contributed by atoms with Gasteiger partial charge in [-0.05, 0) is 38.1 Å². The number of benzene rings is 2. The summed E-state index contributed by atoms with van der Waals surface area (Å²) in [6.07, 6.45) is 0. The smallest absolute Gasteiger partial charge is 0.0350 e. The summed E-state index contributed by atoms with van der Waals surface area (Å²) >= 11 is 1.55. The number of hydrogen-bond donors (Lipinski definition) is 2. The third kappa shape index (κ3) is 5.60. The second-order valence-corrected chi connectivity index (χ2v) is 5.12. The molecular formula is C14H16O2S2. The van der Waals surface area contributed by atoms with Crippen molar-refractivity contribution >= 4 is 24.1 Å². The molecule has 4 heteroatoms. The zero-order valence-corrected chi connectivity index (χ0v) is 12.0. The number of rotatable bonds is 2. The van der Waals surface area contributed by atoms with E-state index in [9.17, 15) is 0 Å². The van der Waals surface area contributed by atoms with Crippen molar-refractivity contribution in [2.24, 2.45) is 0 Å². The van der Waals surface area contributed by atoms with E-state index >= 15 is 0 Å². The Kier molecular flexibility index (Phi) is 6.90. The highest BCUT2D eigenvalue weighted by Gasteiger charge is 1.87. The highest BCUT2D eigenvalue weighted by atomic mass is 32.2. The molecule has 2 N–H and O–H groups in total. The quantitative estimate of drug-likeness (QED) is 0.749. The SMILES string of the molecule is Cc1ccc(SO)cc1.Cc1ccc(SO)cc1. The summed E-state index contributed by atoms with van der Waals surface area (Å²) in [4.78, 5) is 1.78. The zero-order valence-electron chi connectivity index (χ0n) is 10.3. The average Bonchev–Trinajstić information content (AvgIpc) is 2.41. The Morgan fingerprint density at radius 3 is 1.11 bits per heavy atom. The molecule has 0 aliphatic carbocycles. The molecule has 0 spiro atoms. The van der Waals surface area contributed by atoms with E-state index in [0.29, 0.717) is 0 Å². The molecule has 2 rings (SSSR count). The topological polar surface area (TPSA) is 40.5 Å². The molecule has 0 fully saturated rings. The Labute approximate surface area is 116 Å². The van der Waals surface area contributed by atoms with Crippen molar-refractivity contribution in [1.82, 2.24) is 0 Å². The second kappa shape index (κ2) is 8.21. The highest BCUT2D eigenvalue weighted by molar-refractivity contribution is 7.94. The normalized spacial score (nSPS) is 9.56. The van der Waals surface area contributed by atoms with Gasteiger partial charge >= 0.3 is 0 Å². The first-order valence-electron chi connectivity index (χ1n) is 5.42. The van der Waals surface area contributed by atoms with E-state index in [2.05, 4.69) is 0 Å². The molecule has 18 heavy (non-hydrogen) atoms. The third-order valence-corrected chi connectivity index (χ3v) is 3.22. The molecular weight excluding hydrogens is 264 g/mol. The van der Waals surface area contributed by atoms with Crippen LogP contribution < -0.4 is 0 Å². The maximum Gasteiger partial charge on any atom is 0.0350 e. The molecule has 2 aromatic rings. The summed E-state index contributed by atoms with van der Waals surface area (Å²) in [6.45, 7) is 4.04. The van der Waals surface area contributed by atoms with Crippen molar-refractivity contribution in [3.05, 3.63) is 59.7 Å². The summed E-state index contributed by atoms with van der Waals surface area (Å²) in [7, 11) is 0. The fraction of sp³-hybridized carbons (Fsp3) is 0.143. The molecule has 0 atom stereocenters. The molecule has 0 radical (unpaired) electrons. The fourth-order valence-electron chi connectivity index (χ4n) is 1.20. The van der Waals surface area contributed by atoms with E-state index in [0.717, 1.165) is 33.9 Å². The van der Waals surface area contributed by atoms with Gasteiger partial charge in [-0.2, -0.15) is 0 Å². The van der Waals surface area contributed by atoms with Gasteiger partial charge in [0.15, 0.2) is 0 Å². The van der Waals surface area contributed by atoms with Crippen LogP contribution in [0.15, 0.2) is 58.3 Å². The Morgan fingerprint density at radius 2 is 0.889 bits per heavy atom. The van der Waals surface area contributed by atoms with Gasteiger partial charge in [0.05, 0.1) is 0 Å². The van der Waals surface area contributed by atoms with Crippen LogP contribution in [0.4, 0.5) is 0 Å². The zero-order chi connectivity index (χ0) is 13.4. The maximum atomic E-state index is 8.55. The van der Waals surface area contributed by atoms with Gasteiger partial charge in [-0.25, -0.2) is 0 Å². The molecule has 2 nitrogen and oxygen atoms in total. The van der Waals surface area contributed by atoms with Gasteiger partial charge in [0.1, 0.15) is 0 Å². The maximum absolute atomic E-state index is 8.55. The largest absolute Gasteiger partial charge is 0.325 e. The molecule has 0 aromatic heterocycles. The third-order valence-electron chi connectivity index (χ3n) is 2.25. The van der Waals surface area contributed by atoms with Crippen LogP contribution in [0.3, 0.4) is 0 Å². The van der Waals surface area contributed by atoms with Gasteiger partial charge < -0.3 is 9.11 Å². The molecule has 0 bridgehead atoms.